The van der Waals surface area contributed by atoms with Gasteiger partial charge in [0.15, 0.2) is 0 Å². The van der Waals surface area contributed by atoms with Crippen molar-refractivity contribution in [3.05, 3.63) is 0 Å². The minimum atomic E-state index is -2.52. The summed E-state index contributed by atoms with van der Waals surface area (Å²) in [5.41, 5.74) is 0.517. The van der Waals surface area contributed by atoms with Crippen LogP contribution in [0, 0.1) is 16.7 Å². The summed E-state index contributed by atoms with van der Waals surface area (Å²) < 4.78 is 33.6. The van der Waals surface area contributed by atoms with E-state index in [1.54, 1.807) is 42.7 Å². The molecule has 0 aliphatic carbocycles. The molecule has 0 aromatic heterocycles. The van der Waals surface area contributed by atoms with Gasteiger partial charge in [0.1, 0.15) is 0 Å². The first kappa shape index (κ1) is 29.2. The van der Waals surface area contributed by atoms with Crippen LogP contribution in [0.4, 0.5) is 0 Å². The van der Waals surface area contributed by atoms with Crippen LogP contribution in [0.15, 0.2) is 0 Å². The van der Waals surface area contributed by atoms with E-state index in [4.69, 9.17) is 26.6 Å². The maximum absolute atomic E-state index is 5.60. The van der Waals surface area contributed by atoms with E-state index in [0.29, 0.717) is 5.92 Å². The van der Waals surface area contributed by atoms with Crippen LogP contribution in [0.5, 0.6) is 0 Å². The molecular formula is C21H48O6Si2. The lowest BCUT2D eigenvalue weighted by atomic mass is 9.66. The summed E-state index contributed by atoms with van der Waals surface area (Å²) in [5.74, 6) is 0.580. The monoisotopic (exact) mass is 452 g/mol. The van der Waals surface area contributed by atoms with Crippen LogP contribution in [0.1, 0.15) is 66.7 Å². The van der Waals surface area contributed by atoms with Crippen molar-refractivity contribution in [2.75, 3.05) is 42.7 Å². The Morgan fingerprint density at radius 2 is 0.897 bits per heavy atom. The van der Waals surface area contributed by atoms with E-state index in [9.17, 15) is 0 Å². The second-order valence-corrected chi connectivity index (χ2v) is 16.0. The van der Waals surface area contributed by atoms with Crippen LogP contribution in [0.2, 0.25) is 12.1 Å². The molecule has 0 aliphatic heterocycles. The summed E-state index contributed by atoms with van der Waals surface area (Å²) in [7, 11) is 5.07. The average Bonchev–Trinajstić information content (AvgIpc) is 2.66. The van der Waals surface area contributed by atoms with Gasteiger partial charge in [0, 0.05) is 54.7 Å². The minimum Gasteiger partial charge on any atom is -0.377 e. The SMILES string of the molecule is CO[Si](CCCC(CCC[Si](OC)(OC)OC)C(C)(C)CC(C)(C)C)(OC)OC. The number of rotatable bonds is 16. The third-order valence-corrected chi connectivity index (χ3v) is 11.7. The summed E-state index contributed by atoms with van der Waals surface area (Å²) in [5, 5.41) is 0. The molecule has 0 heterocycles. The lowest BCUT2D eigenvalue weighted by molar-refractivity contribution is 0.100. The van der Waals surface area contributed by atoms with E-state index in [-0.39, 0.29) is 10.8 Å². The summed E-state index contributed by atoms with van der Waals surface area (Å²) in [6, 6.07) is 1.68. The summed E-state index contributed by atoms with van der Waals surface area (Å²) in [6.45, 7) is 11.8. The van der Waals surface area contributed by atoms with Gasteiger partial charge >= 0.3 is 17.6 Å². The van der Waals surface area contributed by atoms with E-state index in [0.717, 1.165) is 37.8 Å². The van der Waals surface area contributed by atoms with Gasteiger partial charge in [-0.05, 0) is 48.9 Å². The Bertz CT molecular complexity index is 389. The molecule has 6 nitrogen and oxygen atoms in total. The van der Waals surface area contributed by atoms with Gasteiger partial charge in [-0.25, -0.2) is 0 Å². The van der Waals surface area contributed by atoms with Gasteiger partial charge in [0.05, 0.1) is 0 Å². The molecule has 0 aromatic rings. The first-order chi connectivity index (χ1) is 13.4. The van der Waals surface area contributed by atoms with Crippen LogP contribution in [0.25, 0.3) is 0 Å². The molecule has 0 aromatic carbocycles. The predicted molar refractivity (Wildman–Crippen MR) is 123 cm³/mol. The molecule has 0 fully saturated rings. The van der Waals surface area contributed by atoms with Crippen molar-refractivity contribution in [1.82, 2.24) is 0 Å². The molecule has 0 rings (SSSR count). The Morgan fingerprint density at radius 1 is 0.586 bits per heavy atom. The maximum Gasteiger partial charge on any atom is 0.500 e. The van der Waals surface area contributed by atoms with Gasteiger partial charge in [0.2, 0.25) is 0 Å². The van der Waals surface area contributed by atoms with Gasteiger partial charge in [-0.2, -0.15) is 0 Å². The minimum absolute atomic E-state index is 0.229. The van der Waals surface area contributed by atoms with Crippen molar-refractivity contribution in [3.63, 3.8) is 0 Å². The molecule has 0 bridgehead atoms. The molecule has 0 spiro atoms. The van der Waals surface area contributed by atoms with Crippen molar-refractivity contribution in [2.45, 2.75) is 78.8 Å². The highest BCUT2D eigenvalue weighted by Gasteiger charge is 2.40. The topological polar surface area (TPSA) is 55.4 Å². The van der Waals surface area contributed by atoms with Crippen molar-refractivity contribution < 1.29 is 26.6 Å². The summed E-state index contributed by atoms with van der Waals surface area (Å²) in [6.07, 6.45) is 5.47. The standard InChI is InChI=1S/C21H48O6Si2/c1-20(2,3)18-21(4,5)19(14-12-16-28(22-6,23-7)24-8)15-13-17-29(25-9,26-10)27-11/h19H,12-18H2,1-11H3. The van der Waals surface area contributed by atoms with E-state index in [1.807, 2.05) is 0 Å². The molecule has 0 unspecified atom stereocenters. The highest BCUT2D eigenvalue weighted by Crippen LogP contribution is 2.44. The van der Waals surface area contributed by atoms with Crippen LogP contribution in [0.3, 0.4) is 0 Å². The van der Waals surface area contributed by atoms with E-state index in [1.165, 1.54) is 6.42 Å². The highest BCUT2D eigenvalue weighted by atomic mass is 28.4. The lowest BCUT2D eigenvalue weighted by Gasteiger charge is -2.40. The molecule has 0 atom stereocenters. The zero-order chi connectivity index (χ0) is 22.8. The Hall–Kier alpha value is 0.194. The predicted octanol–water partition coefficient (Wildman–Crippen LogP) is 5.38. The Kier molecular flexibility index (Phi) is 13.0. The second-order valence-electron chi connectivity index (χ2n) is 9.80. The third kappa shape index (κ3) is 9.90. The smallest absolute Gasteiger partial charge is 0.377 e. The zero-order valence-electron chi connectivity index (χ0n) is 21.0. The van der Waals surface area contributed by atoms with Crippen molar-refractivity contribution in [3.8, 4) is 0 Å². The fourth-order valence-corrected chi connectivity index (χ4v) is 8.18. The van der Waals surface area contributed by atoms with Gasteiger partial charge in [0.25, 0.3) is 0 Å². The van der Waals surface area contributed by atoms with Crippen molar-refractivity contribution in [2.24, 2.45) is 16.7 Å². The first-order valence-corrected chi connectivity index (χ1v) is 14.6. The molecule has 0 saturated heterocycles. The van der Waals surface area contributed by atoms with E-state index >= 15 is 0 Å². The second kappa shape index (κ2) is 12.9. The van der Waals surface area contributed by atoms with Gasteiger partial charge in [-0.15, -0.1) is 0 Å². The molecule has 0 amide bonds. The van der Waals surface area contributed by atoms with Crippen LogP contribution >= 0.6 is 0 Å². The lowest BCUT2D eigenvalue weighted by Crippen LogP contribution is -2.43. The molecule has 0 aliphatic rings. The molecular weight excluding hydrogens is 404 g/mol. The summed E-state index contributed by atoms with van der Waals surface area (Å²) >= 11 is 0. The van der Waals surface area contributed by atoms with E-state index < -0.39 is 17.6 Å². The first-order valence-electron chi connectivity index (χ1n) is 10.7. The number of hydrogen-bond acceptors (Lipinski definition) is 6. The molecule has 0 radical (unpaired) electrons. The maximum atomic E-state index is 5.60. The van der Waals surface area contributed by atoms with Crippen molar-refractivity contribution in [1.29, 1.82) is 0 Å². The highest BCUT2D eigenvalue weighted by molar-refractivity contribution is 6.60. The third-order valence-electron chi connectivity index (χ3n) is 6.03. The Morgan fingerprint density at radius 3 is 1.14 bits per heavy atom. The van der Waals surface area contributed by atoms with Crippen LogP contribution < -0.4 is 0 Å². The summed E-state index contributed by atoms with van der Waals surface area (Å²) in [4.78, 5) is 0. The molecule has 0 saturated carbocycles. The zero-order valence-corrected chi connectivity index (χ0v) is 23.0. The van der Waals surface area contributed by atoms with Crippen LogP contribution in [-0.2, 0) is 26.6 Å². The number of hydrogen-bond donors (Lipinski definition) is 0. The fourth-order valence-electron chi connectivity index (χ4n) is 4.68. The molecule has 0 N–H and O–H groups in total. The van der Waals surface area contributed by atoms with Gasteiger partial charge in [-0.1, -0.05) is 34.6 Å². The molecule has 29 heavy (non-hydrogen) atoms. The quantitative estimate of drug-likeness (QED) is 0.293. The Balaban J connectivity index is 5.16. The van der Waals surface area contributed by atoms with Crippen molar-refractivity contribution >= 4 is 17.6 Å². The molecule has 8 heteroatoms. The normalized spacial score (nSPS) is 14.1. The Labute approximate surface area is 182 Å². The van der Waals surface area contributed by atoms with Crippen LogP contribution in [-0.4, -0.2) is 60.3 Å². The van der Waals surface area contributed by atoms with E-state index in [2.05, 4.69) is 34.6 Å². The largest absolute Gasteiger partial charge is 0.500 e. The van der Waals surface area contributed by atoms with Gasteiger partial charge < -0.3 is 26.6 Å². The van der Waals surface area contributed by atoms with Gasteiger partial charge in [-0.3, -0.25) is 0 Å². The fraction of sp³-hybridized carbons (Fsp3) is 1.00. The molecule has 176 valence electrons. The average molecular weight is 453 g/mol.